The van der Waals surface area contributed by atoms with Crippen LogP contribution in [0.3, 0.4) is 0 Å². The first-order valence-corrected chi connectivity index (χ1v) is 10.8. The quantitative estimate of drug-likeness (QED) is 0.320. The molecule has 0 aliphatic heterocycles. The Bertz CT molecular complexity index is 1170. The standard InChI is InChI=1S/C27H30N2O/c1-19-14-15-23(21(3)18-19)27-28-24-11-5-6-12-25(24)29(27)16-7-8-17-30-26-13-9-10-20(2)22(26)4/h5-6,9-15,18H,7-8,16-17H2,1-4H3. The molecule has 3 nitrogen and oxygen atoms in total. The van der Waals surface area contributed by atoms with Crippen molar-refractivity contribution in [2.75, 3.05) is 6.61 Å². The van der Waals surface area contributed by atoms with Crippen molar-refractivity contribution < 1.29 is 4.74 Å². The highest BCUT2D eigenvalue weighted by molar-refractivity contribution is 5.81. The van der Waals surface area contributed by atoms with Gasteiger partial charge >= 0.3 is 0 Å². The van der Waals surface area contributed by atoms with E-state index in [4.69, 9.17) is 9.72 Å². The van der Waals surface area contributed by atoms with Crippen LogP contribution in [0.2, 0.25) is 0 Å². The number of hydrogen-bond donors (Lipinski definition) is 0. The van der Waals surface area contributed by atoms with Crippen molar-refractivity contribution in [3.05, 3.63) is 82.9 Å². The van der Waals surface area contributed by atoms with E-state index in [2.05, 4.69) is 92.9 Å². The first-order chi connectivity index (χ1) is 14.5. The molecule has 4 rings (SSSR count). The predicted molar refractivity (Wildman–Crippen MR) is 125 cm³/mol. The van der Waals surface area contributed by atoms with Gasteiger partial charge in [-0.05, 0) is 75.4 Å². The fourth-order valence-electron chi connectivity index (χ4n) is 4.01. The van der Waals surface area contributed by atoms with Crippen LogP contribution in [0.1, 0.15) is 35.1 Å². The lowest BCUT2D eigenvalue weighted by atomic mass is 10.1. The fraction of sp³-hybridized carbons (Fsp3) is 0.296. The lowest BCUT2D eigenvalue weighted by molar-refractivity contribution is 0.301. The highest BCUT2D eigenvalue weighted by Gasteiger charge is 2.14. The van der Waals surface area contributed by atoms with Crippen LogP contribution in [0.4, 0.5) is 0 Å². The smallest absolute Gasteiger partial charge is 0.141 e. The topological polar surface area (TPSA) is 27.1 Å². The molecule has 30 heavy (non-hydrogen) atoms. The number of nitrogens with zero attached hydrogens (tertiary/aromatic N) is 2. The molecular weight excluding hydrogens is 368 g/mol. The summed E-state index contributed by atoms with van der Waals surface area (Å²) in [5, 5.41) is 0. The SMILES string of the molecule is Cc1ccc(-c2nc3ccccc3n2CCCCOc2cccc(C)c2C)c(C)c1. The van der Waals surface area contributed by atoms with Crippen molar-refractivity contribution in [2.45, 2.75) is 47.1 Å². The summed E-state index contributed by atoms with van der Waals surface area (Å²) in [7, 11) is 0. The number of fused-ring (bicyclic) bond motifs is 1. The number of ether oxygens (including phenoxy) is 1. The lowest BCUT2D eigenvalue weighted by Crippen LogP contribution is -2.05. The normalized spacial score (nSPS) is 11.2. The van der Waals surface area contributed by atoms with Crippen molar-refractivity contribution in [3.8, 4) is 17.1 Å². The zero-order chi connectivity index (χ0) is 21.1. The third-order valence-electron chi connectivity index (χ3n) is 5.87. The Kier molecular flexibility index (Phi) is 5.89. The maximum Gasteiger partial charge on any atom is 0.141 e. The summed E-state index contributed by atoms with van der Waals surface area (Å²) in [6.45, 7) is 10.2. The van der Waals surface area contributed by atoms with Gasteiger partial charge in [0.15, 0.2) is 0 Å². The van der Waals surface area contributed by atoms with Crippen LogP contribution in [-0.4, -0.2) is 16.2 Å². The molecule has 3 heteroatoms. The number of aromatic nitrogens is 2. The van der Waals surface area contributed by atoms with Crippen LogP contribution in [0.5, 0.6) is 5.75 Å². The van der Waals surface area contributed by atoms with E-state index in [0.29, 0.717) is 0 Å². The minimum atomic E-state index is 0.732. The molecule has 4 aromatic rings. The minimum absolute atomic E-state index is 0.732. The first kappa shape index (κ1) is 20.2. The van der Waals surface area contributed by atoms with Gasteiger partial charge in [-0.25, -0.2) is 4.98 Å². The van der Waals surface area contributed by atoms with Gasteiger partial charge in [0, 0.05) is 12.1 Å². The Hall–Kier alpha value is -3.07. The van der Waals surface area contributed by atoms with Crippen molar-refractivity contribution in [3.63, 3.8) is 0 Å². The molecule has 0 radical (unpaired) electrons. The summed E-state index contributed by atoms with van der Waals surface area (Å²) in [4.78, 5) is 4.97. The second-order valence-corrected chi connectivity index (χ2v) is 8.15. The molecule has 0 aliphatic rings. The van der Waals surface area contributed by atoms with E-state index >= 15 is 0 Å². The summed E-state index contributed by atoms with van der Waals surface area (Å²) in [5.41, 5.74) is 8.52. The summed E-state index contributed by atoms with van der Waals surface area (Å²) in [6, 6.07) is 21.3. The molecule has 154 valence electrons. The van der Waals surface area contributed by atoms with Gasteiger partial charge in [-0.1, -0.05) is 48.0 Å². The van der Waals surface area contributed by atoms with E-state index < -0.39 is 0 Å². The largest absolute Gasteiger partial charge is 0.493 e. The average molecular weight is 399 g/mol. The molecule has 0 unspecified atom stereocenters. The van der Waals surface area contributed by atoms with Gasteiger partial charge in [0.05, 0.1) is 17.6 Å². The number of benzene rings is 3. The Morgan fingerprint density at radius 1 is 0.833 bits per heavy atom. The summed E-state index contributed by atoms with van der Waals surface area (Å²) >= 11 is 0. The van der Waals surface area contributed by atoms with Crippen LogP contribution in [0.25, 0.3) is 22.4 Å². The summed E-state index contributed by atoms with van der Waals surface area (Å²) in [5.74, 6) is 2.06. The highest BCUT2D eigenvalue weighted by Crippen LogP contribution is 2.28. The molecule has 0 saturated heterocycles. The lowest BCUT2D eigenvalue weighted by Gasteiger charge is -2.13. The fourth-order valence-corrected chi connectivity index (χ4v) is 4.01. The average Bonchev–Trinajstić information content (AvgIpc) is 3.09. The molecule has 0 saturated carbocycles. The zero-order valence-electron chi connectivity index (χ0n) is 18.4. The van der Waals surface area contributed by atoms with Crippen LogP contribution >= 0.6 is 0 Å². The number of unbranched alkanes of at least 4 members (excludes halogenated alkanes) is 1. The summed E-state index contributed by atoms with van der Waals surface area (Å²) in [6.07, 6.45) is 2.05. The maximum atomic E-state index is 6.05. The van der Waals surface area contributed by atoms with Crippen LogP contribution in [0.15, 0.2) is 60.7 Å². The van der Waals surface area contributed by atoms with Gasteiger partial charge in [0.2, 0.25) is 0 Å². The molecule has 1 heterocycles. The van der Waals surface area contributed by atoms with Crippen molar-refractivity contribution in [1.29, 1.82) is 0 Å². The van der Waals surface area contributed by atoms with Gasteiger partial charge < -0.3 is 9.30 Å². The van der Waals surface area contributed by atoms with E-state index in [1.807, 2.05) is 0 Å². The van der Waals surface area contributed by atoms with Gasteiger partial charge in [0.25, 0.3) is 0 Å². The van der Waals surface area contributed by atoms with Gasteiger partial charge in [-0.2, -0.15) is 0 Å². The first-order valence-electron chi connectivity index (χ1n) is 10.8. The Morgan fingerprint density at radius 2 is 1.67 bits per heavy atom. The van der Waals surface area contributed by atoms with Crippen LogP contribution in [0, 0.1) is 27.7 Å². The maximum absolute atomic E-state index is 6.05. The van der Waals surface area contributed by atoms with Gasteiger partial charge in [0.1, 0.15) is 11.6 Å². The third-order valence-corrected chi connectivity index (χ3v) is 5.87. The molecule has 0 aliphatic carbocycles. The van der Waals surface area contributed by atoms with Crippen LogP contribution in [-0.2, 0) is 6.54 Å². The monoisotopic (exact) mass is 398 g/mol. The highest BCUT2D eigenvalue weighted by atomic mass is 16.5. The summed E-state index contributed by atoms with van der Waals surface area (Å²) < 4.78 is 8.41. The number of para-hydroxylation sites is 2. The second-order valence-electron chi connectivity index (χ2n) is 8.15. The Labute approximate surface area is 179 Å². The minimum Gasteiger partial charge on any atom is -0.493 e. The van der Waals surface area contributed by atoms with Crippen LogP contribution < -0.4 is 4.74 Å². The number of aryl methyl sites for hydroxylation is 4. The van der Waals surface area contributed by atoms with Crippen molar-refractivity contribution >= 4 is 11.0 Å². The number of hydrogen-bond acceptors (Lipinski definition) is 2. The second kappa shape index (κ2) is 8.74. The third kappa shape index (κ3) is 4.11. The van der Waals surface area contributed by atoms with Crippen molar-refractivity contribution in [1.82, 2.24) is 9.55 Å². The predicted octanol–water partition coefficient (Wildman–Crippen LogP) is 6.80. The molecule has 0 fully saturated rings. The molecule has 0 N–H and O–H groups in total. The van der Waals surface area contributed by atoms with E-state index in [9.17, 15) is 0 Å². The molecular formula is C27H30N2O. The van der Waals surface area contributed by atoms with E-state index in [1.54, 1.807) is 0 Å². The Morgan fingerprint density at radius 3 is 2.50 bits per heavy atom. The van der Waals surface area contributed by atoms with E-state index in [0.717, 1.165) is 43.1 Å². The number of imidazole rings is 1. The number of rotatable bonds is 7. The molecule has 0 atom stereocenters. The molecule has 0 spiro atoms. The molecule has 3 aromatic carbocycles. The van der Waals surface area contributed by atoms with E-state index in [-0.39, 0.29) is 0 Å². The molecule has 0 amide bonds. The zero-order valence-corrected chi connectivity index (χ0v) is 18.4. The van der Waals surface area contributed by atoms with Crippen molar-refractivity contribution in [2.24, 2.45) is 0 Å². The molecule has 1 aromatic heterocycles. The molecule has 0 bridgehead atoms. The van der Waals surface area contributed by atoms with Gasteiger partial charge in [-0.15, -0.1) is 0 Å². The Balaban J connectivity index is 1.50. The van der Waals surface area contributed by atoms with Gasteiger partial charge in [-0.3, -0.25) is 0 Å². The van der Waals surface area contributed by atoms with E-state index in [1.165, 1.54) is 33.3 Å².